The molecule has 0 spiro atoms. The normalized spacial score (nSPS) is 14.4. The highest BCUT2D eigenvalue weighted by Crippen LogP contribution is 2.42. The van der Waals surface area contributed by atoms with E-state index in [0.717, 1.165) is 29.2 Å². The van der Waals surface area contributed by atoms with Crippen molar-refractivity contribution in [2.45, 2.75) is 25.3 Å². The van der Waals surface area contributed by atoms with E-state index in [-0.39, 0.29) is 11.5 Å². The summed E-state index contributed by atoms with van der Waals surface area (Å²) in [7, 11) is 3.15. The molecule has 10 heteroatoms. The number of amides is 1. The van der Waals surface area contributed by atoms with Gasteiger partial charge in [-0.25, -0.2) is 14.6 Å². The summed E-state index contributed by atoms with van der Waals surface area (Å²) in [4.78, 5) is 35.3. The topological polar surface area (TPSA) is 123 Å². The highest BCUT2D eigenvalue weighted by molar-refractivity contribution is 5.96. The van der Waals surface area contributed by atoms with Gasteiger partial charge in [-0.1, -0.05) is 48.5 Å². The van der Waals surface area contributed by atoms with Crippen molar-refractivity contribution in [1.29, 1.82) is 0 Å². The van der Waals surface area contributed by atoms with E-state index < -0.39 is 11.5 Å². The van der Waals surface area contributed by atoms with Gasteiger partial charge in [0.1, 0.15) is 17.6 Å². The van der Waals surface area contributed by atoms with E-state index in [1.54, 1.807) is 31.0 Å². The average molecular weight is 588 g/mol. The molecule has 7 rings (SSSR count). The SMILES string of the molecule is COc1cc2ncnc(Oc3ccc(C4CCCn5c4c(C(N)=O)c(=O)n5-c4ccccc4)c4ccccc34)c2cc1OC. The maximum absolute atomic E-state index is 13.7. The first-order valence-corrected chi connectivity index (χ1v) is 14.3. The van der Waals surface area contributed by atoms with Crippen LogP contribution in [0.15, 0.2) is 90.0 Å². The van der Waals surface area contributed by atoms with Gasteiger partial charge in [-0.3, -0.25) is 14.3 Å². The summed E-state index contributed by atoms with van der Waals surface area (Å²) in [6.45, 7) is 0.595. The van der Waals surface area contributed by atoms with Gasteiger partial charge in [-0.2, -0.15) is 0 Å². The zero-order valence-electron chi connectivity index (χ0n) is 24.2. The second kappa shape index (κ2) is 10.9. The van der Waals surface area contributed by atoms with Crippen LogP contribution in [0, 0.1) is 0 Å². The van der Waals surface area contributed by atoms with E-state index in [1.807, 2.05) is 71.4 Å². The van der Waals surface area contributed by atoms with Crippen LogP contribution in [0.25, 0.3) is 27.4 Å². The molecule has 220 valence electrons. The highest BCUT2D eigenvalue weighted by Gasteiger charge is 2.34. The van der Waals surface area contributed by atoms with Crippen molar-refractivity contribution in [1.82, 2.24) is 19.3 Å². The Bertz CT molecular complexity index is 2120. The number of carbonyl (C=O) groups excluding carboxylic acids is 1. The standard InChI is InChI=1S/C34H29N5O5/c1-42-28-17-25-26(18-29(28)43-2)36-19-37-33(25)44-27-15-14-22(21-11-6-7-12-23(21)27)24-13-8-16-38-31(24)30(32(35)40)34(41)39(38)20-9-4-3-5-10-20/h3-7,9-12,14-15,17-19,24H,8,13,16H2,1-2H3,(H2,35,40). The van der Waals surface area contributed by atoms with Crippen molar-refractivity contribution < 1.29 is 19.0 Å². The van der Waals surface area contributed by atoms with Gasteiger partial charge in [0.25, 0.3) is 11.5 Å². The summed E-state index contributed by atoms with van der Waals surface area (Å²) < 4.78 is 20.9. The molecule has 6 aromatic rings. The summed E-state index contributed by atoms with van der Waals surface area (Å²) in [6, 6.07) is 24.7. The minimum atomic E-state index is -0.729. The Labute approximate surface area is 252 Å². The molecule has 1 aliphatic heterocycles. The second-order valence-electron chi connectivity index (χ2n) is 10.6. The van der Waals surface area contributed by atoms with Gasteiger partial charge in [0.2, 0.25) is 5.88 Å². The first-order valence-electron chi connectivity index (χ1n) is 14.3. The number of methoxy groups -OCH3 is 2. The van der Waals surface area contributed by atoms with Crippen LogP contribution in [0.5, 0.6) is 23.1 Å². The highest BCUT2D eigenvalue weighted by atomic mass is 16.5. The molecule has 0 aliphatic carbocycles. The third kappa shape index (κ3) is 4.34. The molecular formula is C34H29N5O5. The van der Waals surface area contributed by atoms with Crippen molar-refractivity contribution in [2.24, 2.45) is 5.73 Å². The van der Waals surface area contributed by atoms with Crippen molar-refractivity contribution in [3.05, 3.63) is 112 Å². The van der Waals surface area contributed by atoms with Crippen LogP contribution < -0.4 is 25.5 Å². The quantitative estimate of drug-likeness (QED) is 0.259. The number of ether oxygens (including phenoxy) is 3. The lowest BCUT2D eigenvalue weighted by Crippen LogP contribution is -2.26. The van der Waals surface area contributed by atoms with Gasteiger partial charge in [0.15, 0.2) is 11.5 Å². The molecule has 44 heavy (non-hydrogen) atoms. The number of primary amides is 1. The first-order chi connectivity index (χ1) is 21.5. The van der Waals surface area contributed by atoms with Crippen LogP contribution in [0.4, 0.5) is 0 Å². The third-order valence-corrected chi connectivity index (χ3v) is 8.23. The minimum absolute atomic E-state index is 0.0276. The summed E-state index contributed by atoms with van der Waals surface area (Å²) in [5.41, 5.74) is 8.44. The number of carbonyl (C=O) groups is 1. The number of nitrogens with zero attached hydrogens (tertiary/aromatic N) is 4. The van der Waals surface area contributed by atoms with Gasteiger partial charge < -0.3 is 19.9 Å². The molecule has 1 atom stereocenters. The molecule has 3 heterocycles. The number of hydrogen-bond donors (Lipinski definition) is 1. The maximum Gasteiger partial charge on any atom is 0.284 e. The van der Waals surface area contributed by atoms with Crippen LogP contribution in [-0.4, -0.2) is 39.5 Å². The number of fused-ring (bicyclic) bond motifs is 3. The molecule has 0 saturated carbocycles. The molecule has 1 amide bonds. The molecule has 4 aromatic carbocycles. The summed E-state index contributed by atoms with van der Waals surface area (Å²) in [6.07, 6.45) is 3.02. The van der Waals surface area contributed by atoms with Crippen molar-refractivity contribution in [2.75, 3.05) is 14.2 Å². The predicted molar refractivity (Wildman–Crippen MR) is 166 cm³/mol. The molecule has 2 aromatic heterocycles. The van der Waals surface area contributed by atoms with E-state index in [9.17, 15) is 9.59 Å². The Morgan fingerprint density at radius 2 is 1.59 bits per heavy atom. The van der Waals surface area contributed by atoms with Crippen molar-refractivity contribution in [3.63, 3.8) is 0 Å². The number of rotatable bonds is 7. The van der Waals surface area contributed by atoms with E-state index in [1.165, 1.54) is 6.33 Å². The molecule has 2 N–H and O–H groups in total. The lowest BCUT2D eigenvalue weighted by Gasteiger charge is -2.28. The first kappa shape index (κ1) is 27.2. The molecule has 0 bridgehead atoms. The van der Waals surface area contributed by atoms with Crippen LogP contribution in [0.3, 0.4) is 0 Å². The van der Waals surface area contributed by atoms with E-state index in [4.69, 9.17) is 19.9 Å². The fourth-order valence-electron chi connectivity index (χ4n) is 6.31. The monoisotopic (exact) mass is 587 g/mol. The van der Waals surface area contributed by atoms with Gasteiger partial charge >= 0.3 is 0 Å². The molecular weight excluding hydrogens is 558 g/mol. The third-order valence-electron chi connectivity index (χ3n) is 8.23. The zero-order valence-corrected chi connectivity index (χ0v) is 24.2. The number of nitrogens with two attached hydrogens (primary N) is 1. The summed E-state index contributed by atoms with van der Waals surface area (Å²) in [5, 5.41) is 2.47. The Hall–Kier alpha value is -5.64. The Morgan fingerprint density at radius 3 is 2.34 bits per heavy atom. The molecule has 1 unspecified atom stereocenters. The minimum Gasteiger partial charge on any atom is -0.493 e. The summed E-state index contributed by atoms with van der Waals surface area (Å²) in [5.74, 6) is 1.10. The molecule has 0 radical (unpaired) electrons. The fraction of sp³-hybridized carbons (Fsp3) is 0.176. The molecule has 10 nitrogen and oxygen atoms in total. The van der Waals surface area contributed by atoms with Crippen LogP contribution in [-0.2, 0) is 6.54 Å². The van der Waals surface area contributed by atoms with Crippen LogP contribution in [0.1, 0.15) is 40.4 Å². The lowest BCUT2D eigenvalue weighted by atomic mass is 9.84. The van der Waals surface area contributed by atoms with Gasteiger partial charge in [0, 0.05) is 23.9 Å². The van der Waals surface area contributed by atoms with E-state index >= 15 is 0 Å². The number of para-hydroxylation sites is 1. The smallest absolute Gasteiger partial charge is 0.284 e. The predicted octanol–water partition coefficient (Wildman–Crippen LogP) is 5.57. The zero-order chi connectivity index (χ0) is 30.4. The number of aromatic nitrogens is 4. The van der Waals surface area contributed by atoms with Crippen LogP contribution >= 0.6 is 0 Å². The second-order valence-corrected chi connectivity index (χ2v) is 10.6. The molecule has 1 aliphatic rings. The van der Waals surface area contributed by atoms with Crippen molar-refractivity contribution in [3.8, 4) is 28.8 Å². The van der Waals surface area contributed by atoms with Gasteiger partial charge in [0.05, 0.1) is 36.5 Å². The molecule has 0 fully saturated rings. The Morgan fingerprint density at radius 1 is 0.864 bits per heavy atom. The average Bonchev–Trinajstić information content (AvgIpc) is 3.37. The Balaban J connectivity index is 1.37. The van der Waals surface area contributed by atoms with E-state index in [0.29, 0.717) is 52.0 Å². The van der Waals surface area contributed by atoms with Gasteiger partial charge in [-0.15, -0.1) is 0 Å². The fourth-order valence-corrected chi connectivity index (χ4v) is 6.31. The van der Waals surface area contributed by atoms with E-state index in [2.05, 4.69) is 9.97 Å². The van der Waals surface area contributed by atoms with Gasteiger partial charge in [-0.05, 0) is 48.1 Å². The molecule has 0 saturated heterocycles. The maximum atomic E-state index is 13.7. The largest absolute Gasteiger partial charge is 0.493 e. The lowest BCUT2D eigenvalue weighted by molar-refractivity contribution is 0.0997. The van der Waals surface area contributed by atoms with Crippen molar-refractivity contribution >= 4 is 27.6 Å². The summed E-state index contributed by atoms with van der Waals surface area (Å²) >= 11 is 0. The number of benzene rings is 4. The van der Waals surface area contributed by atoms with Crippen LogP contribution in [0.2, 0.25) is 0 Å². The Kier molecular flexibility index (Phi) is 6.73. The number of hydrogen-bond acceptors (Lipinski definition) is 7.